The predicted octanol–water partition coefficient (Wildman–Crippen LogP) is 4.62. The van der Waals surface area contributed by atoms with Gasteiger partial charge in [-0.1, -0.05) is 12.1 Å². The molecule has 8 heteroatoms. The first-order chi connectivity index (χ1) is 18.2. The quantitative estimate of drug-likeness (QED) is 0.396. The number of ether oxygens (including phenoxy) is 1. The van der Waals surface area contributed by atoms with Crippen LogP contribution in [0.5, 0.6) is 0 Å². The largest absolute Gasteiger partial charge is 0.379 e. The van der Waals surface area contributed by atoms with E-state index in [0.717, 1.165) is 90.5 Å². The molecule has 6 rings (SSSR count). The molecule has 0 radical (unpaired) electrons. The highest BCUT2D eigenvalue weighted by Crippen LogP contribution is 2.30. The molecule has 188 valence electrons. The van der Waals surface area contributed by atoms with Crippen LogP contribution < -0.4 is 10.7 Å². The van der Waals surface area contributed by atoms with Gasteiger partial charge in [0.25, 0.3) is 0 Å². The molecule has 1 N–H and O–H groups in total. The van der Waals surface area contributed by atoms with Crippen LogP contribution in [0.4, 0.5) is 10.1 Å². The fraction of sp³-hybridized carbons (Fsp3) is 0.276. The topological polar surface area (TPSA) is 67.0 Å². The van der Waals surface area contributed by atoms with Crippen molar-refractivity contribution in [1.29, 1.82) is 0 Å². The van der Waals surface area contributed by atoms with Gasteiger partial charge in [-0.05, 0) is 61.4 Å². The summed E-state index contributed by atoms with van der Waals surface area (Å²) >= 11 is 0. The number of nitrogens with zero attached hydrogens (tertiary/aromatic N) is 5. The molecule has 3 heterocycles. The third-order valence-corrected chi connectivity index (χ3v) is 6.76. The van der Waals surface area contributed by atoms with Gasteiger partial charge in [0.2, 0.25) is 0 Å². The summed E-state index contributed by atoms with van der Waals surface area (Å²) < 4.78 is 21.4. The molecule has 1 fully saturated rings. The molecule has 2 aromatic carbocycles. The minimum Gasteiger partial charge on any atom is -0.379 e. The van der Waals surface area contributed by atoms with Crippen molar-refractivity contribution in [3.8, 4) is 17.1 Å². The van der Waals surface area contributed by atoms with Gasteiger partial charge in [-0.2, -0.15) is 0 Å². The SMILES string of the molecule is Fc1ccc(-n2c3c/c(=N\CCN4CCOCC4)c(NC4=CN=CCC4)cc-3nc3ccccc32)cc1. The number of fused-ring (bicyclic) bond motifs is 2. The maximum absolute atomic E-state index is 13.8. The van der Waals surface area contributed by atoms with Crippen LogP contribution in [0.3, 0.4) is 0 Å². The van der Waals surface area contributed by atoms with E-state index in [1.807, 2.05) is 36.7 Å². The second-order valence-electron chi connectivity index (χ2n) is 9.26. The Morgan fingerprint density at radius 3 is 2.68 bits per heavy atom. The molecule has 1 saturated heterocycles. The standard InChI is InChI=1S/C29H29FN6O/c30-21-7-9-23(10-8-21)36-28-6-2-1-5-24(28)34-27-18-26(33-22-4-3-11-31-20-22)25(19-29(27)36)32-12-13-35-14-16-37-17-15-35/h1-2,5-11,18-20,33H,3-4,12-17H2/b32-25+. The molecule has 0 saturated carbocycles. The van der Waals surface area contributed by atoms with Gasteiger partial charge in [0, 0.05) is 43.4 Å². The van der Waals surface area contributed by atoms with Crippen molar-refractivity contribution in [3.05, 3.63) is 83.7 Å². The van der Waals surface area contributed by atoms with Crippen LogP contribution >= 0.6 is 0 Å². The van der Waals surface area contributed by atoms with Gasteiger partial charge in [0.1, 0.15) is 5.82 Å². The fourth-order valence-electron chi connectivity index (χ4n) is 4.85. The highest BCUT2D eigenvalue weighted by molar-refractivity contribution is 5.84. The van der Waals surface area contributed by atoms with Gasteiger partial charge in [-0.3, -0.25) is 14.9 Å². The van der Waals surface area contributed by atoms with Crippen molar-refractivity contribution < 1.29 is 9.13 Å². The molecule has 37 heavy (non-hydrogen) atoms. The van der Waals surface area contributed by atoms with E-state index in [9.17, 15) is 4.39 Å². The average Bonchev–Trinajstić information content (AvgIpc) is 2.94. The predicted molar refractivity (Wildman–Crippen MR) is 145 cm³/mol. The van der Waals surface area contributed by atoms with Crippen LogP contribution in [0.15, 0.2) is 82.5 Å². The number of aliphatic imine (C=N–C) groups is 1. The van der Waals surface area contributed by atoms with Crippen LogP contribution in [-0.2, 0) is 4.74 Å². The number of benzene rings is 3. The first kappa shape index (κ1) is 23.5. The van der Waals surface area contributed by atoms with E-state index in [4.69, 9.17) is 14.7 Å². The van der Waals surface area contributed by atoms with E-state index in [2.05, 4.69) is 31.9 Å². The van der Waals surface area contributed by atoms with Gasteiger partial charge < -0.3 is 14.6 Å². The molecule has 0 bridgehead atoms. The van der Waals surface area contributed by atoms with Crippen LogP contribution in [0.2, 0.25) is 0 Å². The third-order valence-electron chi connectivity index (χ3n) is 6.76. The Hall–Kier alpha value is -3.88. The Balaban J connectivity index is 1.50. The lowest BCUT2D eigenvalue weighted by molar-refractivity contribution is 0.0394. The first-order valence-corrected chi connectivity index (χ1v) is 12.7. The lowest BCUT2D eigenvalue weighted by atomic mass is 10.1. The molecular formula is C29H29FN6O. The molecule has 2 aromatic rings. The minimum atomic E-state index is -0.263. The molecule has 0 aromatic heterocycles. The first-order valence-electron chi connectivity index (χ1n) is 12.7. The Kier molecular flexibility index (Phi) is 6.75. The van der Waals surface area contributed by atoms with Crippen LogP contribution in [0, 0.1) is 5.82 Å². The van der Waals surface area contributed by atoms with E-state index in [1.54, 1.807) is 12.1 Å². The molecule has 4 aliphatic rings. The fourth-order valence-corrected chi connectivity index (χ4v) is 4.85. The average molecular weight is 497 g/mol. The number of morpholine rings is 1. The Bertz CT molecular complexity index is 1500. The van der Waals surface area contributed by atoms with Crippen molar-refractivity contribution in [2.75, 3.05) is 44.7 Å². The molecule has 3 aliphatic heterocycles. The van der Waals surface area contributed by atoms with Gasteiger partial charge in [-0.25, -0.2) is 9.37 Å². The van der Waals surface area contributed by atoms with Crippen LogP contribution in [-0.4, -0.2) is 60.1 Å². The number of nitrogens with one attached hydrogen (secondary N) is 1. The van der Waals surface area contributed by atoms with E-state index in [-0.39, 0.29) is 5.82 Å². The zero-order valence-corrected chi connectivity index (χ0v) is 20.6. The Morgan fingerprint density at radius 1 is 1.03 bits per heavy atom. The lowest BCUT2D eigenvalue weighted by Gasteiger charge is -2.25. The second-order valence-corrected chi connectivity index (χ2v) is 9.26. The Labute approximate surface area is 215 Å². The second kappa shape index (κ2) is 10.6. The van der Waals surface area contributed by atoms with Crippen molar-refractivity contribution in [1.82, 2.24) is 14.5 Å². The summed E-state index contributed by atoms with van der Waals surface area (Å²) in [4.78, 5) is 16.7. The summed E-state index contributed by atoms with van der Waals surface area (Å²) in [6, 6.07) is 18.7. The van der Waals surface area contributed by atoms with Crippen molar-refractivity contribution >= 4 is 22.9 Å². The highest BCUT2D eigenvalue weighted by Gasteiger charge is 2.17. The third kappa shape index (κ3) is 5.16. The van der Waals surface area contributed by atoms with E-state index >= 15 is 0 Å². The molecular weight excluding hydrogens is 467 g/mol. The number of rotatable bonds is 6. The summed E-state index contributed by atoms with van der Waals surface area (Å²) in [7, 11) is 0. The van der Waals surface area contributed by atoms with Gasteiger partial charge in [0.05, 0.1) is 53.2 Å². The number of anilines is 1. The number of aromatic nitrogens is 2. The molecule has 0 spiro atoms. The molecule has 1 aliphatic carbocycles. The Morgan fingerprint density at radius 2 is 1.86 bits per heavy atom. The monoisotopic (exact) mass is 496 g/mol. The molecule has 7 nitrogen and oxygen atoms in total. The summed E-state index contributed by atoms with van der Waals surface area (Å²) in [6.07, 6.45) is 5.61. The number of hydrogen-bond acceptors (Lipinski definition) is 6. The molecule has 0 amide bonds. The molecule has 0 atom stereocenters. The minimum absolute atomic E-state index is 0.263. The van der Waals surface area contributed by atoms with Gasteiger partial charge in [0.15, 0.2) is 0 Å². The van der Waals surface area contributed by atoms with Gasteiger partial charge >= 0.3 is 0 Å². The number of para-hydroxylation sites is 2. The van der Waals surface area contributed by atoms with Crippen LogP contribution in [0.1, 0.15) is 12.8 Å². The maximum Gasteiger partial charge on any atom is 0.123 e. The lowest BCUT2D eigenvalue weighted by Crippen LogP contribution is -2.38. The number of hydrogen-bond donors (Lipinski definition) is 1. The summed E-state index contributed by atoms with van der Waals surface area (Å²) in [5, 5.41) is 4.43. The van der Waals surface area contributed by atoms with Crippen molar-refractivity contribution in [3.63, 3.8) is 0 Å². The summed E-state index contributed by atoms with van der Waals surface area (Å²) in [5.74, 6) is -0.263. The van der Waals surface area contributed by atoms with Crippen molar-refractivity contribution in [2.24, 2.45) is 9.98 Å². The van der Waals surface area contributed by atoms with Crippen molar-refractivity contribution in [2.45, 2.75) is 12.8 Å². The molecule has 0 unspecified atom stereocenters. The zero-order valence-electron chi connectivity index (χ0n) is 20.6. The van der Waals surface area contributed by atoms with E-state index in [1.165, 1.54) is 12.1 Å². The normalized spacial score (nSPS) is 16.9. The summed E-state index contributed by atoms with van der Waals surface area (Å²) in [6.45, 7) is 4.96. The van der Waals surface area contributed by atoms with E-state index in [0.29, 0.717) is 6.54 Å². The van der Waals surface area contributed by atoms with Gasteiger partial charge in [-0.15, -0.1) is 0 Å². The zero-order chi connectivity index (χ0) is 25.0. The van der Waals surface area contributed by atoms with Crippen LogP contribution in [0.25, 0.3) is 28.1 Å². The summed E-state index contributed by atoms with van der Waals surface area (Å²) in [5.41, 5.74) is 6.39. The number of halogens is 1. The number of allylic oxidation sites excluding steroid dienone is 1. The van der Waals surface area contributed by atoms with E-state index < -0.39 is 0 Å². The smallest absolute Gasteiger partial charge is 0.123 e. The maximum atomic E-state index is 13.8. The highest BCUT2D eigenvalue weighted by atomic mass is 19.1.